The first-order valence-electron chi connectivity index (χ1n) is 8.47. The van der Waals surface area contributed by atoms with Crippen molar-refractivity contribution in [2.45, 2.75) is 57.3 Å². The average Bonchev–Trinajstić information content (AvgIpc) is 2.99. The molecular formula is C18H26ClFN2O2. The molecule has 4 nitrogen and oxygen atoms in total. The van der Waals surface area contributed by atoms with Gasteiger partial charge in [-0.25, -0.2) is 4.39 Å². The van der Waals surface area contributed by atoms with E-state index in [4.69, 9.17) is 4.74 Å². The Morgan fingerprint density at radius 1 is 1.38 bits per heavy atom. The van der Waals surface area contributed by atoms with E-state index in [1.807, 2.05) is 0 Å². The highest BCUT2D eigenvalue weighted by Crippen LogP contribution is 2.33. The molecule has 1 aromatic rings. The molecule has 2 aliphatic rings. The van der Waals surface area contributed by atoms with Crippen LogP contribution in [-0.4, -0.2) is 25.1 Å². The second-order valence-electron chi connectivity index (χ2n) is 6.68. The highest BCUT2D eigenvalue weighted by atomic mass is 35.5. The van der Waals surface area contributed by atoms with Crippen molar-refractivity contribution in [3.05, 3.63) is 35.1 Å². The van der Waals surface area contributed by atoms with Crippen LogP contribution in [-0.2, 0) is 22.7 Å². The molecule has 134 valence electrons. The van der Waals surface area contributed by atoms with E-state index in [9.17, 15) is 9.18 Å². The molecule has 6 heteroatoms. The number of nitrogens with one attached hydrogen (secondary N) is 2. The third-order valence-corrected chi connectivity index (χ3v) is 5.06. The molecule has 0 bridgehead atoms. The Kier molecular flexibility index (Phi) is 7.02. The number of halogens is 2. The molecule has 2 fully saturated rings. The summed E-state index contributed by atoms with van der Waals surface area (Å²) in [7, 11) is 1.54. The predicted molar refractivity (Wildman–Crippen MR) is 93.5 cm³/mol. The van der Waals surface area contributed by atoms with Crippen molar-refractivity contribution in [2.75, 3.05) is 7.11 Å². The van der Waals surface area contributed by atoms with E-state index in [2.05, 4.69) is 10.6 Å². The molecule has 1 heterocycles. The summed E-state index contributed by atoms with van der Waals surface area (Å²) < 4.78 is 18.6. The summed E-state index contributed by atoms with van der Waals surface area (Å²) in [4.78, 5) is 12.4. The Hall–Kier alpha value is -1.17. The van der Waals surface area contributed by atoms with Gasteiger partial charge in [-0.15, -0.1) is 12.4 Å². The smallest absolute Gasteiger partial charge is 0.237 e. The van der Waals surface area contributed by atoms with Crippen LogP contribution >= 0.6 is 12.4 Å². The molecule has 3 unspecified atom stereocenters. The van der Waals surface area contributed by atoms with Gasteiger partial charge in [0.2, 0.25) is 5.91 Å². The number of hydrogen-bond acceptors (Lipinski definition) is 3. The Morgan fingerprint density at radius 2 is 2.17 bits per heavy atom. The van der Waals surface area contributed by atoms with Crippen LogP contribution in [0.15, 0.2) is 18.2 Å². The summed E-state index contributed by atoms with van der Waals surface area (Å²) in [5, 5.41) is 6.45. The fourth-order valence-corrected chi connectivity index (χ4v) is 3.84. The van der Waals surface area contributed by atoms with Crippen molar-refractivity contribution < 1.29 is 13.9 Å². The van der Waals surface area contributed by atoms with Gasteiger partial charge in [-0.3, -0.25) is 4.79 Å². The summed E-state index contributed by atoms with van der Waals surface area (Å²) in [6.45, 7) is 0.657. The zero-order valence-corrected chi connectivity index (χ0v) is 14.8. The highest BCUT2D eigenvalue weighted by Gasteiger charge is 2.37. The van der Waals surface area contributed by atoms with Crippen molar-refractivity contribution in [1.29, 1.82) is 0 Å². The molecule has 0 spiro atoms. The maximum absolute atomic E-state index is 13.6. The van der Waals surface area contributed by atoms with Crippen LogP contribution in [0.2, 0.25) is 0 Å². The normalized spacial score (nSPS) is 25.7. The molecule has 1 saturated heterocycles. The molecule has 0 radical (unpaired) electrons. The van der Waals surface area contributed by atoms with Gasteiger partial charge in [0.05, 0.1) is 12.6 Å². The first kappa shape index (κ1) is 19.2. The second-order valence-corrected chi connectivity index (χ2v) is 6.68. The van der Waals surface area contributed by atoms with Gasteiger partial charge >= 0.3 is 0 Å². The van der Waals surface area contributed by atoms with Crippen LogP contribution in [0.5, 0.6) is 0 Å². The molecule has 1 aromatic carbocycles. The number of ether oxygens (including phenoxy) is 1. The Bertz CT molecular complexity index is 556. The number of rotatable bonds is 5. The van der Waals surface area contributed by atoms with Gasteiger partial charge in [-0.1, -0.05) is 18.9 Å². The first-order valence-corrected chi connectivity index (χ1v) is 8.47. The third-order valence-electron chi connectivity index (χ3n) is 5.06. The van der Waals surface area contributed by atoms with Crippen molar-refractivity contribution in [3.63, 3.8) is 0 Å². The van der Waals surface area contributed by atoms with Crippen molar-refractivity contribution in [3.8, 4) is 0 Å². The lowest BCUT2D eigenvalue weighted by Crippen LogP contribution is -2.42. The zero-order valence-electron chi connectivity index (χ0n) is 14.0. The highest BCUT2D eigenvalue weighted by molar-refractivity contribution is 5.85. The van der Waals surface area contributed by atoms with E-state index in [0.717, 1.165) is 12.0 Å². The van der Waals surface area contributed by atoms with Gasteiger partial charge in [0.1, 0.15) is 5.82 Å². The lowest BCUT2D eigenvalue weighted by molar-refractivity contribution is -0.123. The third kappa shape index (κ3) is 4.47. The molecule has 0 aromatic heterocycles. The lowest BCUT2D eigenvalue weighted by atomic mass is 9.85. The van der Waals surface area contributed by atoms with E-state index >= 15 is 0 Å². The molecule has 3 rings (SSSR count). The quantitative estimate of drug-likeness (QED) is 0.852. The van der Waals surface area contributed by atoms with Crippen LogP contribution in [0.4, 0.5) is 4.39 Å². The number of carbonyl (C=O) groups excluding carboxylic acids is 1. The van der Waals surface area contributed by atoms with Gasteiger partial charge < -0.3 is 15.4 Å². The van der Waals surface area contributed by atoms with Crippen LogP contribution < -0.4 is 10.6 Å². The van der Waals surface area contributed by atoms with Crippen LogP contribution in [0, 0.1) is 11.7 Å². The minimum Gasteiger partial charge on any atom is -0.380 e. The molecule has 1 saturated carbocycles. The molecule has 2 N–H and O–H groups in total. The maximum Gasteiger partial charge on any atom is 0.237 e. The van der Waals surface area contributed by atoms with E-state index < -0.39 is 0 Å². The summed E-state index contributed by atoms with van der Waals surface area (Å²) in [6.07, 6.45) is 5.91. The molecule has 3 atom stereocenters. The van der Waals surface area contributed by atoms with Crippen molar-refractivity contribution >= 4 is 18.3 Å². The van der Waals surface area contributed by atoms with Gasteiger partial charge in [0, 0.05) is 25.3 Å². The topological polar surface area (TPSA) is 50.4 Å². The zero-order chi connectivity index (χ0) is 16.2. The van der Waals surface area contributed by atoms with Gasteiger partial charge in [0.25, 0.3) is 0 Å². The second kappa shape index (κ2) is 8.79. The number of amides is 1. The Labute approximate surface area is 148 Å². The monoisotopic (exact) mass is 356 g/mol. The van der Waals surface area contributed by atoms with E-state index in [1.165, 1.54) is 31.7 Å². The summed E-state index contributed by atoms with van der Waals surface area (Å²) >= 11 is 0. The molecule has 1 amide bonds. The fraction of sp³-hybridized carbons (Fsp3) is 0.611. The summed E-state index contributed by atoms with van der Waals surface area (Å²) in [5.74, 6) is 0.430. The fourth-order valence-electron chi connectivity index (χ4n) is 3.84. The number of hydrogen-bond donors (Lipinski definition) is 2. The van der Waals surface area contributed by atoms with Gasteiger partial charge in [-0.2, -0.15) is 0 Å². The summed E-state index contributed by atoms with van der Waals surface area (Å²) in [6, 6.07) is 5.32. The minimum absolute atomic E-state index is 0. The van der Waals surface area contributed by atoms with Crippen molar-refractivity contribution in [2.24, 2.45) is 5.92 Å². The standard InChI is InChI=1S/C18H25FN2O2.ClH/c1-23-11-14-8-12(6-7-15(14)19)10-20-18(22)17-9-13-4-2-3-5-16(13)21-17;/h6-8,13,16-17,21H,2-5,9-11H2,1H3,(H,20,22);1H. The van der Waals surface area contributed by atoms with Crippen LogP contribution in [0.1, 0.15) is 43.2 Å². The number of carbonyl (C=O) groups is 1. The average molecular weight is 357 g/mol. The van der Waals surface area contributed by atoms with Crippen molar-refractivity contribution in [1.82, 2.24) is 10.6 Å². The number of methoxy groups -OCH3 is 1. The number of fused-ring (bicyclic) bond motifs is 1. The molecule has 1 aliphatic carbocycles. The van der Waals surface area contributed by atoms with E-state index in [1.54, 1.807) is 19.2 Å². The van der Waals surface area contributed by atoms with Gasteiger partial charge in [0.15, 0.2) is 0 Å². The number of benzene rings is 1. The molecule has 24 heavy (non-hydrogen) atoms. The van der Waals surface area contributed by atoms with E-state index in [0.29, 0.717) is 24.1 Å². The summed E-state index contributed by atoms with van der Waals surface area (Å²) in [5.41, 5.74) is 1.41. The first-order chi connectivity index (χ1) is 11.2. The molecular weight excluding hydrogens is 331 g/mol. The predicted octanol–water partition coefficient (Wildman–Crippen LogP) is 2.93. The van der Waals surface area contributed by atoms with Crippen LogP contribution in [0.3, 0.4) is 0 Å². The van der Waals surface area contributed by atoms with Gasteiger partial charge in [-0.05, 0) is 42.9 Å². The SMILES string of the molecule is COCc1cc(CNC(=O)C2CC3CCCCC3N2)ccc1F.Cl. The Balaban J connectivity index is 0.00000208. The Morgan fingerprint density at radius 3 is 2.92 bits per heavy atom. The lowest BCUT2D eigenvalue weighted by Gasteiger charge is -2.24. The molecule has 1 aliphatic heterocycles. The van der Waals surface area contributed by atoms with Crippen LogP contribution in [0.25, 0.3) is 0 Å². The largest absolute Gasteiger partial charge is 0.380 e. The minimum atomic E-state index is -0.275. The maximum atomic E-state index is 13.6. The van der Waals surface area contributed by atoms with E-state index in [-0.39, 0.29) is 36.8 Å².